The van der Waals surface area contributed by atoms with Crippen LogP contribution in [0.5, 0.6) is 0 Å². The molecule has 0 radical (unpaired) electrons. The van der Waals surface area contributed by atoms with Gasteiger partial charge in [0.25, 0.3) is 5.56 Å². The standard InChI is InChI=1S/C14H20N6O4/c1-17-12-11(13(23)18(2)14(17)24)16-7-20(12)8-5-19(6-9(8)21)10(22)3-4-15/h7-9,21H,3-6,15H2,1-2H3/t8-,9-/m1/s1. The molecule has 0 spiro atoms. The number of hydrogen-bond donors (Lipinski definition) is 2. The lowest BCUT2D eigenvalue weighted by atomic mass is 10.2. The number of amides is 1. The topological polar surface area (TPSA) is 128 Å². The number of imidazole rings is 1. The van der Waals surface area contributed by atoms with Crippen molar-refractivity contribution in [2.24, 2.45) is 19.8 Å². The summed E-state index contributed by atoms with van der Waals surface area (Å²) in [5.74, 6) is -0.131. The minimum atomic E-state index is -0.816. The maximum atomic E-state index is 12.2. The number of aliphatic hydroxyl groups is 1. The molecule has 0 bridgehead atoms. The lowest BCUT2D eigenvalue weighted by molar-refractivity contribution is -0.130. The second-order valence-corrected chi connectivity index (χ2v) is 6.00. The van der Waals surface area contributed by atoms with Gasteiger partial charge in [-0.15, -0.1) is 0 Å². The van der Waals surface area contributed by atoms with Crippen LogP contribution >= 0.6 is 0 Å². The van der Waals surface area contributed by atoms with E-state index in [0.29, 0.717) is 5.65 Å². The van der Waals surface area contributed by atoms with Gasteiger partial charge in [-0.3, -0.25) is 18.7 Å². The van der Waals surface area contributed by atoms with E-state index in [0.717, 1.165) is 4.57 Å². The molecule has 1 fully saturated rings. The molecule has 3 rings (SSSR count). The molecule has 10 heteroatoms. The first kappa shape index (κ1) is 16.4. The lowest BCUT2D eigenvalue weighted by Crippen LogP contribution is -2.38. The summed E-state index contributed by atoms with van der Waals surface area (Å²) in [6.07, 6.45) is 0.822. The fourth-order valence-electron chi connectivity index (χ4n) is 3.17. The first-order chi connectivity index (χ1) is 11.4. The Kier molecular flexibility index (Phi) is 4.01. The summed E-state index contributed by atoms with van der Waals surface area (Å²) in [6.45, 7) is 0.700. The molecule has 130 valence electrons. The maximum absolute atomic E-state index is 12.2. The molecular weight excluding hydrogens is 316 g/mol. The summed E-state index contributed by atoms with van der Waals surface area (Å²) in [7, 11) is 2.93. The smallest absolute Gasteiger partial charge is 0.332 e. The van der Waals surface area contributed by atoms with E-state index in [4.69, 9.17) is 5.73 Å². The monoisotopic (exact) mass is 336 g/mol. The van der Waals surface area contributed by atoms with Crippen LogP contribution < -0.4 is 17.0 Å². The number of aromatic nitrogens is 4. The third-order valence-corrected chi connectivity index (χ3v) is 4.49. The Bertz CT molecular complexity index is 910. The van der Waals surface area contributed by atoms with Crippen LogP contribution in [0, 0.1) is 0 Å². The number of fused-ring (bicyclic) bond motifs is 1. The van der Waals surface area contributed by atoms with Crippen molar-refractivity contribution in [2.75, 3.05) is 19.6 Å². The highest BCUT2D eigenvalue weighted by Crippen LogP contribution is 2.25. The van der Waals surface area contributed by atoms with Gasteiger partial charge in [-0.2, -0.15) is 0 Å². The summed E-state index contributed by atoms with van der Waals surface area (Å²) in [5.41, 5.74) is 4.92. The van der Waals surface area contributed by atoms with Crippen LogP contribution in [0.3, 0.4) is 0 Å². The number of likely N-dealkylation sites (tertiary alicyclic amines) is 1. The van der Waals surface area contributed by atoms with Crippen molar-refractivity contribution in [1.82, 2.24) is 23.6 Å². The summed E-state index contributed by atoms with van der Waals surface area (Å²) < 4.78 is 3.90. The Morgan fingerprint density at radius 2 is 2.04 bits per heavy atom. The molecule has 10 nitrogen and oxygen atoms in total. The minimum Gasteiger partial charge on any atom is -0.389 e. The largest absolute Gasteiger partial charge is 0.389 e. The fraction of sp³-hybridized carbons (Fsp3) is 0.571. The predicted molar refractivity (Wildman–Crippen MR) is 85.5 cm³/mol. The first-order valence-electron chi connectivity index (χ1n) is 7.65. The molecule has 2 aromatic rings. The van der Waals surface area contributed by atoms with Gasteiger partial charge < -0.3 is 20.3 Å². The third kappa shape index (κ3) is 2.34. The number of nitrogens with zero attached hydrogens (tertiary/aromatic N) is 5. The van der Waals surface area contributed by atoms with Gasteiger partial charge >= 0.3 is 5.69 Å². The second-order valence-electron chi connectivity index (χ2n) is 6.00. The van der Waals surface area contributed by atoms with E-state index >= 15 is 0 Å². The van der Waals surface area contributed by atoms with Crippen molar-refractivity contribution < 1.29 is 9.90 Å². The lowest BCUT2D eigenvalue weighted by Gasteiger charge is -2.18. The molecule has 1 aliphatic heterocycles. The van der Waals surface area contributed by atoms with Gasteiger partial charge in [0.15, 0.2) is 5.52 Å². The van der Waals surface area contributed by atoms with Crippen molar-refractivity contribution in [3.63, 3.8) is 0 Å². The van der Waals surface area contributed by atoms with E-state index in [1.807, 2.05) is 0 Å². The number of aliphatic hydroxyl groups excluding tert-OH is 1. The van der Waals surface area contributed by atoms with Gasteiger partial charge in [0.1, 0.15) is 5.65 Å². The van der Waals surface area contributed by atoms with Crippen molar-refractivity contribution in [3.8, 4) is 0 Å². The highest BCUT2D eigenvalue weighted by atomic mass is 16.3. The fourth-order valence-corrected chi connectivity index (χ4v) is 3.17. The molecule has 24 heavy (non-hydrogen) atoms. The SMILES string of the molecule is Cn1c(=O)c2ncn([C@@H]3CN(C(=O)CCN)C[C@H]3O)c2n(C)c1=O. The Labute approximate surface area is 136 Å². The van der Waals surface area contributed by atoms with Crippen LogP contribution in [-0.4, -0.2) is 60.3 Å². The molecule has 1 saturated heterocycles. The molecule has 1 amide bonds. The van der Waals surface area contributed by atoms with E-state index in [2.05, 4.69) is 4.98 Å². The number of carbonyl (C=O) groups is 1. The average molecular weight is 336 g/mol. The van der Waals surface area contributed by atoms with Crippen LogP contribution in [0.2, 0.25) is 0 Å². The van der Waals surface area contributed by atoms with E-state index in [1.54, 1.807) is 11.6 Å². The number of nitrogens with two attached hydrogens (primary N) is 1. The summed E-state index contributed by atoms with van der Waals surface area (Å²) in [4.78, 5) is 42.0. The normalized spacial score (nSPS) is 20.9. The molecule has 2 atom stereocenters. The van der Waals surface area contributed by atoms with Crippen molar-refractivity contribution >= 4 is 17.1 Å². The van der Waals surface area contributed by atoms with Gasteiger partial charge in [-0.25, -0.2) is 9.78 Å². The molecule has 0 unspecified atom stereocenters. The minimum absolute atomic E-state index is 0.131. The molecule has 3 N–H and O–H groups in total. The zero-order valence-corrected chi connectivity index (χ0v) is 13.5. The highest BCUT2D eigenvalue weighted by Gasteiger charge is 2.36. The van der Waals surface area contributed by atoms with E-state index in [-0.39, 0.29) is 37.5 Å². The van der Waals surface area contributed by atoms with Gasteiger partial charge in [-0.1, -0.05) is 0 Å². The molecule has 1 aliphatic rings. The maximum Gasteiger partial charge on any atom is 0.332 e. The van der Waals surface area contributed by atoms with Crippen LogP contribution in [0.15, 0.2) is 15.9 Å². The molecule has 0 aromatic carbocycles. The van der Waals surface area contributed by atoms with Gasteiger partial charge in [0, 0.05) is 40.2 Å². The zero-order valence-electron chi connectivity index (χ0n) is 13.5. The molecule has 0 saturated carbocycles. The van der Waals surface area contributed by atoms with Gasteiger partial charge in [-0.05, 0) is 0 Å². The van der Waals surface area contributed by atoms with E-state index in [9.17, 15) is 19.5 Å². The third-order valence-electron chi connectivity index (χ3n) is 4.49. The van der Waals surface area contributed by atoms with Crippen molar-refractivity contribution in [2.45, 2.75) is 18.6 Å². The first-order valence-corrected chi connectivity index (χ1v) is 7.65. The summed E-state index contributed by atoms with van der Waals surface area (Å²) in [6, 6.07) is -0.477. The van der Waals surface area contributed by atoms with E-state index in [1.165, 1.54) is 22.8 Å². The Hall–Kier alpha value is -2.46. The molecule has 3 heterocycles. The van der Waals surface area contributed by atoms with Gasteiger partial charge in [0.2, 0.25) is 5.91 Å². The second kappa shape index (κ2) is 5.87. The molecular formula is C14H20N6O4. The quantitative estimate of drug-likeness (QED) is 0.639. The molecule has 0 aliphatic carbocycles. The van der Waals surface area contributed by atoms with Crippen LogP contribution in [-0.2, 0) is 18.9 Å². The van der Waals surface area contributed by atoms with Crippen LogP contribution in [0.25, 0.3) is 11.2 Å². The number of carbonyl (C=O) groups excluding carboxylic acids is 1. The van der Waals surface area contributed by atoms with Gasteiger partial charge in [0.05, 0.1) is 18.5 Å². The van der Waals surface area contributed by atoms with E-state index < -0.39 is 23.4 Å². The van der Waals surface area contributed by atoms with Crippen molar-refractivity contribution in [3.05, 3.63) is 27.2 Å². The Morgan fingerprint density at radius 1 is 1.33 bits per heavy atom. The number of β-amino-alcohol motifs (C(OH)–C–C–N with tert-alkyl or cyclic N) is 1. The molecule has 2 aromatic heterocycles. The van der Waals surface area contributed by atoms with Crippen LogP contribution in [0.4, 0.5) is 0 Å². The average Bonchev–Trinajstić information content (AvgIpc) is 3.14. The number of aryl methyl sites for hydroxylation is 1. The summed E-state index contributed by atoms with van der Waals surface area (Å²) in [5, 5.41) is 10.3. The Morgan fingerprint density at radius 3 is 2.71 bits per heavy atom. The zero-order chi connectivity index (χ0) is 17.6. The highest BCUT2D eigenvalue weighted by molar-refractivity contribution is 5.77. The number of hydrogen-bond acceptors (Lipinski definition) is 6. The van der Waals surface area contributed by atoms with Crippen molar-refractivity contribution in [1.29, 1.82) is 0 Å². The summed E-state index contributed by atoms with van der Waals surface area (Å²) >= 11 is 0. The Balaban J connectivity index is 2.06. The predicted octanol–water partition coefficient (Wildman–Crippen LogP) is -2.47. The van der Waals surface area contributed by atoms with Crippen LogP contribution in [0.1, 0.15) is 12.5 Å². The number of rotatable bonds is 3.